The Balaban J connectivity index is 2.50. The number of hydrogen-bond acceptors (Lipinski definition) is 3. The molecule has 0 unspecified atom stereocenters. The maximum Gasteiger partial charge on any atom is 0.172 e. The minimum Gasteiger partial charge on any atom is -0.493 e. The first kappa shape index (κ1) is 16.5. The Bertz CT molecular complexity index is 592. The van der Waals surface area contributed by atoms with Crippen LogP contribution >= 0.6 is 0 Å². The van der Waals surface area contributed by atoms with E-state index in [4.69, 9.17) is 14.2 Å². The van der Waals surface area contributed by atoms with E-state index in [9.17, 15) is 0 Å². The highest BCUT2D eigenvalue weighted by Gasteiger charge is 2.14. The smallest absolute Gasteiger partial charge is 0.172 e. The lowest BCUT2D eigenvalue weighted by atomic mass is 10.1. The molecule has 0 N–H and O–H groups in total. The molecule has 0 spiro atoms. The van der Waals surface area contributed by atoms with Gasteiger partial charge in [0.1, 0.15) is 5.75 Å². The normalized spacial score (nSPS) is 10.7. The molecule has 0 bridgehead atoms. The van der Waals surface area contributed by atoms with Crippen molar-refractivity contribution in [3.8, 4) is 17.2 Å². The molecule has 2 aromatic rings. The average Bonchev–Trinajstić information content (AvgIpc) is 2.56. The van der Waals surface area contributed by atoms with Crippen LogP contribution in [-0.4, -0.2) is 19.8 Å². The van der Waals surface area contributed by atoms with Crippen LogP contribution in [0.5, 0.6) is 17.2 Å². The number of benzene rings is 2. The Hall–Kier alpha value is -1.90. The van der Waals surface area contributed by atoms with Gasteiger partial charge in [0.2, 0.25) is 0 Å². The van der Waals surface area contributed by atoms with Crippen molar-refractivity contribution in [1.29, 1.82) is 0 Å². The van der Waals surface area contributed by atoms with Crippen molar-refractivity contribution in [3.63, 3.8) is 0 Å². The van der Waals surface area contributed by atoms with Crippen molar-refractivity contribution in [2.75, 3.05) is 19.8 Å². The molecule has 0 heterocycles. The minimum atomic E-state index is 0.670. The Morgan fingerprint density at radius 3 is 2.00 bits per heavy atom. The van der Waals surface area contributed by atoms with E-state index in [2.05, 4.69) is 32.9 Å². The third kappa shape index (κ3) is 3.85. The van der Waals surface area contributed by atoms with Gasteiger partial charge in [-0.25, -0.2) is 0 Å². The van der Waals surface area contributed by atoms with Crippen LogP contribution in [0.1, 0.15) is 40.0 Å². The van der Waals surface area contributed by atoms with E-state index >= 15 is 0 Å². The van der Waals surface area contributed by atoms with Crippen LogP contribution in [0.4, 0.5) is 0 Å². The highest BCUT2D eigenvalue weighted by Crippen LogP contribution is 2.41. The summed E-state index contributed by atoms with van der Waals surface area (Å²) < 4.78 is 17.8. The Labute approximate surface area is 133 Å². The molecule has 3 heteroatoms. The highest BCUT2D eigenvalue weighted by atomic mass is 16.5. The van der Waals surface area contributed by atoms with E-state index in [1.54, 1.807) is 0 Å². The van der Waals surface area contributed by atoms with Gasteiger partial charge in [-0.3, -0.25) is 0 Å². The molecule has 0 saturated carbocycles. The molecule has 0 saturated heterocycles. The average molecular weight is 302 g/mol. The Kier molecular flexibility index (Phi) is 6.38. The molecule has 120 valence electrons. The third-order valence-electron chi connectivity index (χ3n) is 3.30. The molecule has 0 amide bonds. The Morgan fingerprint density at radius 1 is 0.682 bits per heavy atom. The van der Waals surface area contributed by atoms with Gasteiger partial charge in [0.15, 0.2) is 11.5 Å². The van der Waals surface area contributed by atoms with Crippen molar-refractivity contribution < 1.29 is 14.2 Å². The monoisotopic (exact) mass is 302 g/mol. The lowest BCUT2D eigenvalue weighted by molar-refractivity contribution is 0.269. The standard InChI is InChI=1S/C19H26O3/c1-4-12-20-16-9-7-8-15-10-11-17(21-13-5-2)19(18(15)16)22-14-6-3/h7-11H,4-6,12-14H2,1-3H3. The van der Waals surface area contributed by atoms with Crippen molar-refractivity contribution >= 4 is 10.8 Å². The summed E-state index contributed by atoms with van der Waals surface area (Å²) in [6.07, 6.45) is 2.91. The van der Waals surface area contributed by atoms with Gasteiger partial charge < -0.3 is 14.2 Å². The second kappa shape index (κ2) is 8.52. The first-order valence-corrected chi connectivity index (χ1v) is 8.25. The van der Waals surface area contributed by atoms with Gasteiger partial charge in [0.25, 0.3) is 0 Å². The van der Waals surface area contributed by atoms with Crippen LogP contribution in [0.3, 0.4) is 0 Å². The van der Waals surface area contributed by atoms with Crippen LogP contribution in [0.25, 0.3) is 10.8 Å². The number of rotatable bonds is 9. The highest BCUT2D eigenvalue weighted by molar-refractivity contribution is 5.95. The molecule has 0 aliphatic rings. The van der Waals surface area contributed by atoms with E-state index in [-0.39, 0.29) is 0 Å². The summed E-state index contributed by atoms with van der Waals surface area (Å²) in [5.41, 5.74) is 0. The molecule has 22 heavy (non-hydrogen) atoms. The van der Waals surface area contributed by atoms with Gasteiger partial charge in [0.05, 0.1) is 25.2 Å². The Morgan fingerprint density at radius 2 is 1.32 bits per heavy atom. The lowest BCUT2D eigenvalue weighted by Gasteiger charge is -2.17. The maximum atomic E-state index is 6.01. The van der Waals surface area contributed by atoms with Gasteiger partial charge in [-0.2, -0.15) is 0 Å². The minimum absolute atomic E-state index is 0.670. The molecule has 0 aromatic heterocycles. The summed E-state index contributed by atoms with van der Waals surface area (Å²) in [7, 11) is 0. The van der Waals surface area contributed by atoms with Gasteiger partial charge in [0, 0.05) is 0 Å². The summed E-state index contributed by atoms with van der Waals surface area (Å²) >= 11 is 0. The molecular weight excluding hydrogens is 276 g/mol. The van der Waals surface area contributed by atoms with Crippen LogP contribution < -0.4 is 14.2 Å². The zero-order valence-electron chi connectivity index (χ0n) is 13.9. The SMILES string of the molecule is CCCOc1ccc2cccc(OCCC)c2c1OCCC. The summed E-state index contributed by atoms with van der Waals surface area (Å²) in [6.45, 7) is 8.37. The summed E-state index contributed by atoms with van der Waals surface area (Å²) in [5, 5.41) is 2.13. The molecule has 0 aliphatic heterocycles. The summed E-state index contributed by atoms with van der Waals surface area (Å²) in [6, 6.07) is 10.2. The topological polar surface area (TPSA) is 27.7 Å². The fourth-order valence-electron chi connectivity index (χ4n) is 2.30. The third-order valence-corrected chi connectivity index (χ3v) is 3.30. The molecule has 0 fully saturated rings. The molecule has 0 radical (unpaired) electrons. The molecule has 2 aromatic carbocycles. The van der Waals surface area contributed by atoms with E-state index in [1.807, 2.05) is 18.2 Å². The number of ether oxygens (including phenoxy) is 3. The summed E-state index contributed by atoms with van der Waals surface area (Å²) in [5.74, 6) is 2.47. The van der Waals surface area contributed by atoms with Crippen LogP contribution in [-0.2, 0) is 0 Å². The second-order valence-electron chi connectivity index (χ2n) is 5.29. The number of hydrogen-bond donors (Lipinski definition) is 0. The fourth-order valence-corrected chi connectivity index (χ4v) is 2.30. The van der Waals surface area contributed by atoms with Crippen molar-refractivity contribution in [2.45, 2.75) is 40.0 Å². The van der Waals surface area contributed by atoms with Crippen LogP contribution in [0.2, 0.25) is 0 Å². The fraction of sp³-hybridized carbons (Fsp3) is 0.474. The molecule has 0 aliphatic carbocycles. The molecule has 2 rings (SSSR count). The molecule has 0 atom stereocenters. The zero-order chi connectivity index (χ0) is 15.8. The van der Waals surface area contributed by atoms with E-state index in [1.165, 1.54) is 0 Å². The van der Waals surface area contributed by atoms with Crippen molar-refractivity contribution in [1.82, 2.24) is 0 Å². The van der Waals surface area contributed by atoms with E-state index in [0.717, 1.165) is 47.3 Å². The van der Waals surface area contributed by atoms with E-state index in [0.29, 0.717) is 19.8 Å². The predicted octanol–water partition coefficient (Wildman–Crippen LogP) is 5.21. The first-order chi connectivity index (χ1) is 10.8. The van der Waals surface area contributed by atoms with Crippen molar-refractivity contribution in [2.24, 2.45) is 0 Å². The van der Waals surface area contributed by atoms with Gasteiger partial charge in [-0.1, -0.05) is 39.0 Å². The lowest BCUT2D eigenvalue weighted by Crippen LogP contribution is -2.03. The second-order valence-corrected chi connectivity index (χ2v) is 5.29. The first-order valence-electron chi connectivity index (χ1n) is 8.25. The maximum absolute atomic E-state index is 6.01. The molecule has 3 nitrogen and oxygen atoms in total. The molecular formula is C19H26O3. The predicted molar refractivity (Wildman–Crippen MR) is 91.3 cm³/mol. The summed E-state index contributed by atoms with van der Waals surface area (Å²) in [4.78, 5) is 0. The van der Waals surface area contributed by atoms with Gasteiger partial charge in [-0.15, -0.1) is 0 Å². The van der Waals surface area contributed by atoms with Crippen LogP contribution in [0, 0.1) is 0 Å². The van der Waals surface area contributed by atoms with Gasteiger partial charge in [-0.05, 0) is 36.8 Å². The van der Waals surface area contributed by atoms with Gasteiger partial charge >= 0.3 is 0 Å². The van der Waals surface area contributed by atoms with Crippen LogP contribution in [0.15, 0.2) is 30.3 Å². The zero-order valence-corrected chi connectivity index (χ0v) is 13.9. The van der Waals surface area contributed by atoms with E-state index < -0.39 is 0 Å². The quantitative estimate of drug-likeness (QED) is 0.636. The van der Waals surface area contributed by atoms with Crippen molar-refractivity contribution in [3.05, 3.63) is 30.3 Å². The number of fused-ring (bicyclic) bond motifs is 1. The largest absolute Gasteiger partial charge is 0.493 e.